The summed E-state index contributed by atoms with van der Waals surface area (Å²) in [4.78, 5) is 3.94. The lowest BCUT2D eigenvalue weighted by Crippen LogP contribution is -2.49. The Morgan fingerprint density at radius 2 is 1.95 bits per heavy atom. The Labute approximate surface area is 119 Å². The van der Waals surface area contributed by atoms with Crippen LogP contribution in [0.25, 0.3) is 0 Å². The quantitative estimate of drug-likeness (QED) is 0.830. The van der Waals surface area contributed by atoms with Crippen molar-refractivity contribution < 1.29 is 0 Å². The summed E-state index contributed by atoms with van der Waals surface area (Å²) in [5, 5.41) is 12.9. The second-order valence-electron chi connectivity index (χ2n) is 5.85. The number of tetrazole rings is 1. The molecule has 1 fully saturated rings. The molecule has 0 aliphatic carbocycles. The van der Waals surface area contributed by atoms with Crippen molar-refractivity contribution in [3.05, 3.63) is 41.7 Å². The van der Waals surface area contributed by atoms with Crippen LogP contribution in [0.3, 0.4) is 0 Å². The molecule has 0 N–H and O–H groups in total. The summed E-state index contributed by atoms with van der Waals surface area (Å²) >= 11 is 0. The molecule has 0 saturated carbocycles. The Balaban J connectivity index is 2.13. The average Bonchev–Trinajstić information content (AvgIpc) is 2.87. The zero-order valence-electron chi connectivity index (χ0n) is 12.3. The van der Waals surface area contributed by atoms with Crippen molar-refractivity contribution in [1.82, 2.24) is 25.1 Å². The van der Waals surface area contributed by atoms with E-state index >= 15 is 0 Å². The largest absolute Gasteiger partial charge is 0.306 e. The van der Waals surface area contributed by atoms with Gasteiger partial charge < -0.3 is 4.90 Å². The monoisotopic (exact) mass is 271 g/mol. The number of hydrogen-bond donors (Lipinski definition) is 0. The van der Waals surface area contributed by atoms with E-state index in [0.29, 0.717) is 5.92 Å². The van der Waals surface area contributed by atoms with Crippen LogP contribution in [0, 0.1) is 5.92 Å². The second kappa shape index (κ2) is 4.98. The molecule has 106 valence electrons. The molecule has 2 unspecified atom stereocenters. The van der Waals surface area contributed by atoms with E-state index in [1.54, 1.807) is 4.80 Å². The first-order chi connectivity index (χ1) is 9.63. The number of hydrogen-bond acceptors (Lipinski definition) is 4. The predicted molar refractivity (Wildman–Crippen MR) is 77.3 cm³/mol. The molecule has 1 aromatic carbocycles. The molecule has 1 aliphatic heterocycles. The SMILES string of the molecule is CC1CN(C)CCC1(c1ccccc1)c1nnn(C)n1. The van der Waals surface area contributed by atoms with Crippen molar-refractivity contribution in [1.29, 1.82) is 0 Å². The lowest BCUT2D eigenvalue weighted by atomic mass is 9.66. The van der Waals surface area contributed by atoms with Gasteiger partial charge in [0.1, 0.15) is 0 Å². The van der Waals surface area contributed by atoms with Crippen LogP contribution in [0.2, 0.25) is 0 Å². The molecule has 0 amide bonds. The molecule has 20 heavy (non-hydrogen) atoms. The van der Waals surface area contributed by atoms with E-state index in [1.807, 2.05) is 7.05 Å². The molecule has 2 heterocycles. The van der Waals surface area contributed by atoms with Crippen molar-refractivity contribution in [2.24, 2.45) is 13.0 Å². The Hall–Kier alpha value is -1.75. The molecule has 5 nitrogen and oxygen atoms in total. The molecule has 5 heteroatoms. The fourth-order valence-electron chi connectivity index (χ4n) is 3.42. The van der Waals surface area contributed by atoms with Crippen molar-refractivity contribution in [3.63, 3.8) is 0 Å². The van der Waals surface area contributed by atoms with Crippen molar-refractivity contribution >= 4 is 0 Å². The van der Waals surface area contributed by atoms with E-state index in [0.717, 1.165) is 25.3 Å². The first kappa shape index (κ1) is 13.2. The molecule has 0 radical (unpaired) electrons. The van der Waals surface area contributed by atoms with Gasteiger partial charge in [0, 0.05) is 6.54 Å². The van der Waals surface area contributed by atoms with Gasteiger partial charge in [-0.2, -0.15) is 4.80 Å². The third kappa shape index (κ3) is 2.02. The Morgan fingerprint density at radius 3 is 2.55 bits per heavy atom. The first-order valence-electron chi connectivity index (χ1n) is 7.11. The Bertz CT molecular complexity index is 579. The third-order valence-electron chi connectivity index (χ3n) is 4.51. The number of aromatic nitrogens is 4. The molecule has 1 aromatic heterocycles. The summed E-state index contributed by atoms with van der Waals surface area (Å²) < 4.78 is 0. The van der Waals surface area contributed by atoms with E-state index in [1.165, 1.54) is 5.56 Å². The van der Waals surface area contributed by atoms with Crippen LogP contribution in [-0.4, -0.2) is 45.2 Å². The summed E-state index contributed by atoms with van der Waals surface area (Å²) in [5.41, 5.74) is 1.18. The zero-order chi connectivity index (χ0) is 14.2. The van der Waals surface area contributed by atoms with Crippen molar-refractivity contribution in [2.75, 3.05) is 20.1 Å². The van der Waals surface area contributed by atoms with Gasteiger partial charge in [-0.25, -0.2) is 0 Å². The van der Waals surface area contributed by atoms with Gasteiger partial charge in [0.15, 0.2) is 5.82 Å². The van der Waals surface area contributed by atoms with Crippen LogP contribution in [-0.2, 0) is 12.5 Å². The minimum atomic E-state index is -0.123. The van der Waals surface area contributed by atoms with Gasteiger partial charge in [-0.3, -0.25) is 0 Å². The molecule has 1 saturated heterocycles. The highest BCUT2D eigenvalue weighted by Gasteiger charge is 2.46. The molecular formula is C15H21N5. The highest BCUT2D eigenvalue weighted by atomic mass is 15.6. The minimum absolute atomic E-state index is 0.123. The minimum Gasteiger partial charge on any atom is -0.306 e. The maximum Gasteiger partial charge on any atom is 0.185 e. The van der Waals surface area contributed by atoms with Gasteiger partial charge in [-0.15, -0.1) is 10.2 Å². The fourth-order valence-corrected chi connectivity index (χ4v) is 3.42. The van der Waals surface area contributed by atoms with Crippen molar-refractivity contribution in [3.8, 4) is 0 Å². The van der Waals surface area contributed by atoms with Crippen LogP contribution >= 0.6 is 0 Å². The van der Waals surface area contributed by atoms with Crippen LogP contribution < -0.4 is 0 Å². The first-order valence-corrected chi connectivity index (χ1v) is 7.11. The molecule has 0 bridgehead atoms. The van der Waals surface area contributed by atoms with E-state index in [2.05, 4.69) is 64.6 Å². The van der Waals surface area contributed by atoms with Crippen LogP contribution in [0.15, 0.2) is 30.3 Å². The van der Waals surface area contributed by atoms with Gasteiger partial charge in [0.05, 0.1) is 12.5 Å². The second-order valence-corrected chi connectivity index (χ2v) is 5.85. The highest BCUT2D eigenvalue weighted by molar-refractivity contribution is 5.34. The van der Waals surface area contributed by atoms with Gasteiger partial charge in [-0.05, 0) is 36.7 Å². The molecule has 2 aromatic rings. The van der Waals surface area contributed by atoms with Gasteiger partial charge in [0.2, 0.25) is 0 Å². The van der Waals surface area contributed by atoms with E-state index < -0.39 is 0 Å². The number of piperidine rings is 1. The van der Waals surface area contributed by atoms with Gasteiger partial charge in [-0.1, -0.05) is 37.3 Å². The smallest absolute Gasteiger partial charge is 0.185 e. The number of nitrogens with zero attached hydrogens (tertiary/aromatic N) is 5. The van der Waals surface area contributed by atoms with Crippen LogP contribution in [0.5, 0.6) is 0 Å². The normalized spacial score (nSPS) is 27.6. The van der Waals surface area contributed by atoms with E-state index in [4.69, 9.17) is 0 Å². The maximum atomic E-state index is 4.53. The van der Waals surface area contributed by atoms with Gasteiger partial charge >= 0.3 is 0 Å². The van der Waals surface area contributed by atoms with Gasteiger partial charge in [0.25, 0.3) is 0 Å². The maximum absolute atomic E-state index is 4.53. The molecule has 2 atom stereocenters. The number of aryl methyl sites for hydroxylation is 1. The lowest BCUT2D eigenvalue weighted by molar-refractivity contribution is 0.141. The number of benzene rings is 1. The number of likely N-dealkylation sites (tertiary alicyclic amines) is 1. The Kier molecular flexibility index (Phi) is 3.30. The van der Waals surface area contributed by atoms with Crippen LogP contribution in [0.1, 0.15) is 24.7 Å². The summed E-state index contributed by atoms with van der Waals surface area (Å²) in [6, 6.07) is 10.6. The predicted octanol–water partition coefficient (Wildman–Crippen LogP) is 1.47. The highest BCUT2D eigenvalue weighted by Crippen LogP contribution is 2.43. The summed E-state index contributed by atoms with van der Waals surface area (Å²) in [6.45, 7) is 4.39. The zero-order valence-corrected chi connectivity index (χ0v) is 12.3. The standard InChI is InChI=1S/C15H21N5/c1-12-11-19(2)10-9-15(12,13-7-5-4-6-8-13)14-16-18-20(3)17-14/h4-8,12H,9-11H2,1-3H3. The van der Waals surface area contributed by atoms with Crippen molar-refractivity contribution in [2.45, 2.75) is 18.8 Å². The average molecular weight is 271 g/mol. The molecule has 0 spiro atoms. The lowest BCUT2D eigenvalue weighted by Gasteiger charge is -2.44. The fraction of sp³-hybridized carbons (Fsp3) is 0.533. The van der Waals surface area contributed by atoms with E-state index in [9.17, 15) is 0 Å². The number of rotatable bonds is 2. The molecule has 3 rings (SSSR count). The molecule has 1 aliphatic rings. The summed E-state index contributed by atoms with van der Waals surface area (Å²) in [6.07, 6.45) is 1.03. The third-order valence-corrected chi connectivity index (χ3v) is 4.51. The Morgan fingerprint density at radius 1 is 1.20 bits per heavy atom. The summed E-state index contributed by atoms with van der Waals surface area (Å²) in [5.74, 6) is 1.31. The van der Waals surface area contributed by atoms with E-state index in [-0.39, 0.29) is 5.41 Å². The summed E-state index contributed by atoms with van der Waals surface area (Å²) in [7, 11) is 4.00. The molecular weight excluding hydrogens is 250 g/mol. The topological polar surface area (TPSA) is 46.8 Å². The van der Waals surface area contributed by atoms with Crippen LogP contribution in [0.4, 0.5) is 0 Å².